The number of hydrogen-bond acceptors (Lipinski definition) is 4. The topological polar surface area (TPSA) is 78.9 Å². The quantitative estimate of drug-likeness (QED) is 0.836. The minimum absolute atomic E-state index is 0.00371. The summed E-state index contributed by atoms with van der Waals surface area (Å²) in [5, 5.41) is 11.6. The lowest BCUT2D eigenvalue weighted by molar-refractivity contribution is -0.0175. The average Bonchev–Trinajstić information content (AvgIpc) is 2.45. The number of carboxylic acid groups (broad SMARTS) is 1. The third-order valence-electron chi connectivity index (χ3n) is 3.23. The van der Waals surface area contributed by atoms with Crippen LogP contribution in [-0.4, -0.2) is 61.3 Å². The third kappa shape index (κ3) is 3.79. The smallest absolute Gasteiger partial charge is 0.335 e. The van der Waals surface area contributed by atoms with E-state index in [1.807, 2.05) is 7.05 Å². The van der Waals surface area contributed by atoms with E-state index in [-0.39, 0.29) is 17.6 Å². The summed E-state index contributed by atoms with van der Waals surface area (Å²) in [4.78, 5) is 24.8. The number of carbonyl (C=O) groups excluding carboxylic acids is 1. The predicted octanol–water partition coefficient (Wildman–Crippen LogP) is 0.445. The maximum atomic E-state index is 11.9. The van der Waals surface area contributed by atoms with Gasteiger partial charge in [0.2, 0.25) is 0 Å². The lowest BCUT2D eigenvalue weighted by Crippen LogP contribution is -2.45. The molecule has 0 spiro atoms. The van der Waals surface area contributed by atoms with Crippen LogP contribution in [-0.2, 0) is 4.74 Å². The second-order valence-electron chi connectivity index (χ2n) is 4.85. The van der Waals surface area contributed by atoms with E-state index in [9.17, 15) is 9.59 Å². The van der Waals surface area contributed by atoms with Crippen LogP contribution in [0.4, 0.5) is 0 Å². The van der Waals surface area contributed by atoms with Gasteiger partial charge in [-0.15, -0.1) is 0 Å². The van der Waals surface area contributed by atoms with E-state index in [0.29, 0.717) is 18.7 Å². The van der Waals surface area contributed by atoms with Gasteiger partial charge >= 0.3 is 5.97 Å². The molecule has 0 aliphatic carbocycles. The van der Waals surface area contributed by atoms with E-state index >= 15 is 0 Å². The molecule has 20 heavy (non-hydrogen) atoms. The van der Waals surface area contributed by atoms with Crippen molar-refractivity contribution in [2.45, 2.75) is 6.10 Å². The molecule has 6 nitrogen and oxygen atoms in total. The number of ether oxygens (including phenoxy) is 1. The van der Waals surface area contributed by atoms with Gasteiger partial charge in [-0.05, 0) is 31.3 Å². The zero-order chi connectivity index (χ0) is 14.5. The Kier molecular flexibility index (Phi) is 4.70. The molecule has 2 N–H and O–H groups in total. The molecule has 1 fully saturated rings. The Labute approximate surface area is 117 Å². The van der Waals surface area contributed by atoms with Gasteiger partial charge in [0.25, 0.3) is 5.91 Å². The molecule has 1 heterocycles. The van der Waals surface area contributed by atoms with Crippen LogP contribution < -0.4 is 5.32 Å². The summed E-state index contributed by atoms with van der Waals surface area (Å²) in [6.07, 6.45) is -0.00371. The van der Waals surface area contributed by atoms with Crippen molar-refractivity contribution in [3.63, 3.8) is 0 Å². The number of carboxylic acids is 1. The summed E-state index contributed by atoms with van der Waals surface area (Å²) >= 11 is 0. The minimum atomic E-state index is -1.00. The Balaban J connectivity index is 1.86. The van der Waals surface area contributed by atoms with Crippen LogP contribution >= 0.6 is 0 Å². The summed E-state index contributed by atoms with van der Waals surface area (Å²) in [5.41, 5.74) is 0.609. The maximum absolute atomic E-state index is 11.9. The van der Waals surface area contributed by atoms with Crippen molar-refractivity contribution in [1.29, 1.82) is 0 Å². The van der Waals surface area contributed by atoms with Crippen LogP contribution in [0.3, 0.4) is 0 Å². The molecule has 1 saturated heterocycles. The highest BCUT2D eigenvalue weighted by Crippen LogP contribution is 2.05. The van der Waals surface area contributed by atoms with Crippen LogP contribution in [0.25, 0.3) is 0 Å². The second-order valence-corrected chi connectivity index (χ2v) is 4.85. The van der Waals surface area contributed by atoms with Gasteiger partial charge in [-0.1, -0.05) is 0 Å². The number of nitrogens with zero attached hydrogens (tertiary/aromatic N) is 1. The number of aromatic carboxylic acids is 1. The SMILES string of the molecule is CN1CCOC(CNC(=O)c2ccc(C(=O)O)cc2)C1. The van der Waals surface area contributed by atoms with Gasteiger partial charge in [0.05, 0.1) is 18.3 Å². The normalized spacial score (nSPS) is 19.6. The van der Waals surface area contributed by atoms with Crippen molar-refractivity contribution in [1.82, 2.24) is 10.2 Å². The number of rotatable bonds is 4. The van der Waals surface area contributed by atoms with Gasteiger partial charge in [0, 0.05) is 25.2 Å². The Bertz CT molecular complexity index is 486. The Morgan fingerprint density at radius 1 is 1.35 bits per heavy atom. The molecule has 1 atom stereocenters. The summed E-state index contributed by atoms with van der Waals surface area (Å²) in [6, 6.07) is 5.85. The Hall–Kier alpha value is -1.92. The number of likely N-dealkylation sites (N-methyl/N-ethyl adjacent to an activating group) is 1. The van der Waals surface area contributed by atoms with E-state index in [4.69, 9.17) is 9.84 Å². The first-order chi connectivity index (χ1) is 9.56. The fourth-order valence-electron chi connectivity index (χ4n) is 2.06. The molecule has 0 bridgehead atoms. The summed E-state index contributed by atoms with van der Waals surface area (Å²) in [7, 11) is 2.02. The standard InChI is InChI=1S/C14H18N2O4/c1-16-6-7-20-12(9-16)8-15-13(17)10-2-4-11(5-3-10)14(18)19/h2-5,12H,6-9H2,1H3,(H,15,17)(H,18,19). The van der Waals surface area contributed by atoms with Crippen molar-refractivity contribution in [2.75, 3.05) is 33.3 Å². The van der Waals surface area contributed by atoms with Crippen molar-refractivity contribution in [2.24, 2.45) is 0 Å². The largest absolute Gasteiger partial charge is 0.478 e. The zero-order valence-corrected chi connectivity index (χ0v) is 11.3. The average molecular weight is 278 g/mol. The fourth-order valence-corrected chi connectivity index (χ4v) is 2.06. The molecule has 1 aromatic carbocycles. The Morgan fingerprint density at radius 2 is 2.00 bits per heavy atom. The lowest BCUT2D eigenvalue weighted by Gasteiger charge is -2.30. The molecule has 1 amide bonds. The van der Waals surface area contributed by atoms with Crippen molar-refractivity contribution < 1.29 is 19.4 Å². The molecule has 1 aromatic rings. The highest BCUT2D eigenvalue weighted by Gasteiger charge is 2.18. The van der Waals surface area contributed by atoms with E-state index in [1.165, 1.54) is 24.3 Å². The number of benzene rings is 1. The molecule has 0 radical (unpaired) electrons. The van der Waals surface area contributed by atoms with E-state index in [2.05, 4.69) is 10.2 Å². The first kappa shape index (κ1) is 14.5. The van der Waals surface area contributed by atoms with Gasteiger partial charge in [-0.3, -0.25) is 4.79 Å². The summed E-state index contributed by atoms with van der Waals surface area (Å²) in [5.74, 6) is -1.23. The van der Waals surface area contributed by atoms with Crippen molar-refractivity contribution >= 4 is 11.9 Å². The van der Waals surface area contributed by atoms with Crippen molar-refractivity contribution in [3.05, 3.63) is 35.4 Å². The molecule has 1 unspecified atom stereocenters. The number of nitrogens with one attached hydrogen (secondary N) is 1. The third-order valence-corrected chi connectivity index (χ3v) is 3.23. The van der Waals surface area contributed by atoms with Gasteiger partial charge in [0.15, 0.2) is 0 Å². The maximum Gasteiger partial charge on any atom is 0.335 e. The monoisotopic (exact) mass is 278 g/mol. The lowest BCUT2D eigenvalue weighted by atomic mass is 10.1. The summed E-state index contributed by atoms with van der Waals surface area (Å²) in [6.45, 7) is 2.81. The van der Waals surface area contributed by atoms with E-state index in [1.54, 1.807) is 0 Å². The van der Waals surface area contributed by atoms with Crippen LogP contribution in [0.1, 0.15) is 20.7 Å². The van der Waals surface area contributed by atoms with Crippen LogP contribution in [0.15, 0.2) is 24.3 Å². The molecule has 1 aliphatic rings. The molecular formula is C14H18N2O4. The number of hydrogen-bond donors (Lipinski definition) is 2. The zero-order valence-electron chi connectivity index (χ0n) is 11.3. The Morgan fingerprint density at radius 3 is 2.60 bits per heavy atom. The van der Waals surface area contributed by atoms with Gasteiger partial charge < -0.3 is 20.1 Å². The van der Waals surface area contributed by atoms with Crippen LogP contribution in [0.2, 0.25) is 0 Å². The van der Waals surface area contributed by atoms with Gasteiger partial charge in [-0.25, -0.2) is 4.79 Å². The molecule has 0 saturated carbocycles. The molecule has 108 valence electrons. The molecular weight excluding hydrogens is 260 g/mol. The number of morpholine rings is 1. The second kappa shape index (κ2) is 6.49. The van der Waals surface area contributed by atoms with Gasteiger partial charge in [-0.2, -0.15) is 0 Å². The molecule has 6 heteroatoms. The van der Waals surface area contributed by atoms with Crippen molar-refractivity contribution in [3.8, 4) is 0 Å². The number of carbonyl (C=O) groups is 2. The molecule has 2 rings (SSSR count). The molecule has 0 aromatic heterocycles. The highest BCUT2D eigenvalue weighted by atomic mass is 16.5. The van der Waals surface area contributed by atoms with E-state index < -0.39 is 5.97 Å². The predicted molar refractivity (Wildman–Crippen MR) is 73.0 cm³/mol. The number of amides is 1. The van der Waals surface area contributed by atoms with Crippen LogP contribution in [0.5, 0.6) is 0 Å². The first-order valence-corrected chi connectivity index (χ1v) is 6.48. The molecule has 1 aliphatic heterocycles. The van der Waals surface area contributed by atoms with Gasteiger partial charge in [0.1, 0.15) is 0 Å². The first-order valence-electron chi connectivity index (χ1n) is 6.48. The minimum Gasteiger partial charge on any atom is -0.478 e. The van der Waals surface area contributed by atoms with Crippen LogP contribution in [0, 0.1) is 0 Å². The highest BCUT2D eigenvalue weighted by molar-refractivity contribution is 5.95. The summed E-state index contributed by atoms with van der Waals surface area (Å²) < 4.78 is 5.55. The fraction of sp³-hybridized carbons (Fsp3) is 0.429. The van der Waals surface area contributed by atoms with E-state index in [0.717, 1.165) is 13.1 Å².